The van der Waals surface area contributed by atoms with Gasteiger partial charge in [0.2, 0.25) is 0 Å². The number of benzene rings is 1. The average molecular weight is 248 g/mol. The Kier molecular flexibility index (Phi) is 3.76. The first kappa shape index (κ1) is 13.5. The summed E-state index contributed by atoms with van der Waals surface area (Å²) in [7, 11) is 1.78. The van der Waals surface area contributed by atoms with Crippen LogP contribution in [0.25, 0.3) is 0 Å². The molecular formula is C15H24N2O. The number of likely N-dealkylation sites (tertiary alicyclic amines) is 1. The fourth-order valence-corrected chi connectivity index (χ4v) is 2.79. The van der Waals surface area contributed by atoms with E-state index in [-0.39, 0.29) is 11.1 Å². The van der Waals surface area contributed by atoms with Crippen LogP contribution in [0.3, 0.4) is 0 Å². The highest BCUT2D eigenvalue weighted by Gasteiger charge is 2.47. The van der Waals surface area contributed by atoms with Crippen LogP contribution >= 0.6 is 0 Å². The van der Waals surface area contributed by atoms with Crippen LogP contribution in [-0.2, 0) is 11.3 Å². The maximum absolute atomic E-state index is 6.29. The summed E-state index contributed by atoms with van der Waals surface area (Å²) in [5, 5.41) is 0. The predicted molar refractivity (Wildman–Crippen MR) is 74.3 cm³/mol. The minimum absolute atomic E-state index is 0.220. The number of hydrogen-bond acceptors (Lipinski definition) is 3. The van der Waals surface area contributed by atoms with Crippen molar-refractivity contribution in [3.8, 4) is 0 Å². The van der Waals surface area contributed by atoms with Gasteiger partial charge in [-0.05, 0) is 25.8 Å². The van der Waals surface area contributed by atoms with Gasteiger partial charge in [-0.15, -0.1) is 0 Å². The summed E-state index contributed by atoms with van der Waals surface area (Å²) in [4.78, 5) is 2.42. The molecule has 0 bridgehead atoms. The molecule has 0 amide bonds. The summed E-state index contributed by atoms with van der Waals surface area (Å²) in [6.45, 7) is 7.04. The second kappa shape index (κ2) is 5.00. The van der Waals surface area contributed by atoms with Gasteiger partial charge in [0.25, 0.3) is 0 Å². The van der Waals surface area contributed by atoms with Gasteiger partial charge in [-0.2, -0.15) is 0 Å². The Hall–Kier alpha value is -0.900. The summed E-state index contributed by atoms with van der Waals surface area (Å²) >= 11 is 0. The molecule has 1 unspecified atom stereocenters. The van der Waals surface area contributed by atoms with Crippen molar-refractivity contribution in [1.29, 1.82) is 0 Å². The summed E-state index contributed by atoms with van der Waals surface area (Å²) < 4.78 is 5.76. The van der Waals surface area contributed by atoms with Gasteiger partial charge in [-0.3, -0.25) is 4.90 Å². The second-order valence-electron chi connectivity index (χ2n) is 5.87. The molecule has 100 valence electrons. The Morgan fingerprint density at radius 2 is 2.00 bits per heavy atom. The van der Waals surface area contributed by atoms with Gasteiger partial charge in [0.15, 0.2) is 0 Å². The van der Waals surface area contributed by atoms with Crippen LogP contribution in [0.5, 0.6) is 0 Å². The molecule has 0 radical (unpaired) electrons. The molecule has 2 rings (SSSR count). The molecule has 1 heterocycles. The van der Waals surface area contributed by atoms with Crippen LogP contribution in [0.15, 0.2) is 30.3 Å². The van der Waals surface area contributed by atoms with Crippen molar-refractivity contribution >= 4 is 0 Å². The zero-order chi connectivity index (χ0) is 13.2. The van der Waals surface area contributed by atoms with Gasteiger partial charge in [0.1, 0.15) is 0 Å². The number of nitrogens with zero attached hydrogens (tertiary/aromatic N) is 1. The summed E-state index contributed by atoms with van der Waals surface area (Å²) in [6, 6.07) is 10.6. The lowest BCUT2D eigenvalue weighted by atomic mass is 9.82. The molecule has 0 saturated carbocycles. The van der Waals surface area contributed by atoms with Gasteiger partial charge in [0.05, 0.1) is 5.60 Å². The zero-order valence-corrected chi connectivity index (χ0v) is 11.6. The summed E-state index contributed by atoms with van der Waals surface area (Å²) in [5.41, 5.74) is 7.10. The fourth-order valence-electron chi connectivity index (χ4n) is 2.79. The van der Waals surface area contributed by atoms with Crippen molar-refractivity contribution in [2.45, 2.75) is 38.0 Å². The van der Waals surface area contributed by atoms with E-state index >= 15 is 0 Å². The lowest BCUT2D eigenvalue weighted by Crippen LogP contribution is -2.59. The zero-order valence-electron chi connectivity index (χ0n) is 11.6. The van der Waals surface area contributed by atoms with Crippen LogP contribution in [0.2, 0.25) is 0 Å². The fraction of sp³-hybridized carbons (Fsp3) is 0.600. The Bertz CT molecular complexity index is 385. The van der Waals surface area contributed by atoms with Crippen LogP contribution in [-0.4, -0.2) is 36.2 Å². The predicted octanol–water partition coefficient (Wildman–Crippen LogP) is 2.01. The molecule has 0 aliphatic carbocycles. The molecule has 0 aromatic heterocycles. The molecule has 1 atom stereocenters. The quantitative estimate of drug-likeness (QED) is 0.886. The van der Waals surface area contributed by atoms with Crippen molar-refractivity contribution in [2.75, 3.05) is 20.2 Å². The van der Waals surface area contributed by atoms with Crippen molar-refractivity contribution in [2.24, 2.45) is 5.73 Å². The lowest BCUT2D eigenvalue weighted by molar-refractivity contribution is -0.0519. The third kappa shape index (κ3) is 2.58. The molecule has 2 N–H and O–H groups in total. The Morgan fingerprint density at radius 1 is 1.33 bits per heavy atom. The van der Waals surface area contributed by atoms with E-state index in [1.165, 1.54) is 5.56 Å². The minimum Gasteiger partial charge on any atom is -0.375 e. The largest absolute Gasteiger partial charge is 0.375 e. The molecule has 1 aromatic rings. The maximum atomic E-state index is 6.29. The van der Waals surface area contributed by atoms with Crippen LogP contribution in [0.1, 0.15) is 25.8 Å². The highest BCUT2D eigenvalue weighted by atomic mass is 16.5. The molecule has 3 heteroatoms. The monoisotopic (exact) mass is 248 g/mol. The Labute approximate surface area is 110 Å². The van der Waals surface area contributed by atoms with E-state index in [1.807, 2.05) is 0 Å². The average Bonchev–Trinajstić information content (AvgIpc) is 2.74. The molecular weight excluding hydrogens is 224 g/mol. The third-order valence-corrected chi connectivity index (χ3v) is 4.12. The van der Waals surface area contributed by atoms with Crippen molar-refractivity contribution in [3.05, 3.63) is 35.9 Å². The lowest BCUT2D eigenvalue weighted by Gasteiger charge is -2.40. The molecule has 1 aliphatic heterocycles. The van der Waals surface area contributed by atoms with Crippen LogP contribution in [0, 0.1) is 0 Å². The molecule has 1 aromatic carbocycles. The van der Waals surface area contributed by atoms with E-state index in [0.29, 0.717) is 0 Å². The standard InChI is InChI=1S/C15H24N2O/c1-14(2,16)15(18-3)9-10-17(12-15)11-13-7-5-4-6-8-13/h4-8H,9-12,16H2,1-3H3. The number of hydrogen-bond donors (Lipinski definition) is 1. The number of rotatable bonds is 4. The number of ether oxygens (including phenoxy) is 1. The molecule has 1 aliphatic rings. The van der Waals surface area contributed by atoms with E-state index in [1.54, 1.807) is 7.11 Å². The topological polar surface area (TPSA) is 38.5 Å². The first-order chi connectivity index (χ1) is 8.47. The summed E-state index contributed by atoms with van der Waals surface area (Å²) in [5.74, 6) is 0. The van der Waals surface area contributed by atoms with Gasteiger partial charge in [0, 0.05) is 32.3 Å². The van der Waals surface area contributed by atoms with Crippen molar-refractivity contribution in [3.63, 3.8) is 0 Å². The second-order valence-corrected chi connectivity index (χ2v) is 5.87. The third-order valence-electron chi connectivity index (χ3n) is 4.12. The Balaban J connectivity index is 2.04. The first-order valence-corrected chi connectivity index (χ1v) is 6.57. The van der Waals surface area contributed by atoms with E-state index in [4.69, 9.17) is 10.5 Å². The van der Waals surface area contributed by atoms with E-state index in [0.717, 1.165) is 26.1 Å². The van der Waals surface area contributed by atoms with Crippen LogP contribution < -0.4 is 5.73 Å². The van der Waals surface area contributed by atoms with Crippen molar-refractivity contribution < 1.29 is 4.74 Å². The molecule has 3 nitrogen and oxygen atoms in total. The molecule has 18 heavy (non-hydrogen) atoms. The van der Waals surface area contributed by atoms with E-state index in [2.05, 4.69) is 49.1 Å². The minimum atomic E-state index is -0.312. The number of nitrogens with two attached hydrogens (primary N) is 1. The first-order valence-electron chi connectivity index (χ1n) is 6.57. The van der Waals surface area contributed by atoms with Gasteiger partial charge >= 0.3 is 0 Å². The van der Waals surface area contributed by atoms with Gasteiger partial charge in [-0.1, -0.05) is 30.3 Å². The van der Waals surface area contributed by atoms with Crippen molar-refractivity contribution in [1.82, 2.24) is 4.90 Å². The highest BCUT2D eigenvalue weighted by molar-refractivity contribution is 5.15. The highest BCUT2D eigenvalue weighted by Crippen LogP contribution is 2.34. The van der Waals surface area contributed by atoms with Crippen LogP contribution in [0.4, 0.5) is 0 Å². The smallest absolute Gasteiger partial charge is 0.0990 e. The van der Waals surface area contributed by atoms with Gasteiger partial charge < -0.3 is 10.5 Å². The molecule has 1 fully saturated rings. The van der Waals surface area contributed by atoms with Gasteiger partial charge in [-0.25, -0.2) is 0 Å². The Morgan fingerprint density at radius 3 is 2.50 bits per heavy atom. The summed E-state index contributed by atoms with van der Waals surface area (Å²) in [6.07, 6.45) is 1.000. The SMILES string of the molecule is COC1(C(C)(C)N)CCN(Cc2ccccc2)C1. The normalized spacial score (nSPS) is 25.6. The molecule has 1 saturated heterocycles. The van der Waals surface area contributed by atoms with E-state index < -0.39 is 0 Å². The number of methoxy groups -OCH3 is 1. The van der Waals surface area contributed by atoms with E-state index in [9.17, 15) is 0 Å². The molecule has 0 spiro atoms. The maximum Gasteiger partial charge on any atom is 0.0990 e.